The van der Waals surface area contributed by atoms with E-state index in [4.69, 9.17) is 11.6 Å². The fourth-order valence-electron chi connectivity index (χ4n) is 3.33. The Balaban J connectivity index is 1.74. The summed E-state index contributed by atoms with van der Waals surface area (Å²) >= 11 is 5.82. The topological polar surface area (TPSA) is 75.3 Å². The zero-order chi connectivity index (χ0) is 21.1. The van der Waals surface area contributed by atoms with Crippen LogP contribution in [0, 0.1) is 0 Å². The van der Waals surface area contributed by atoms with Crippen LogP contribution in [0.3, 0.4) is 0 Å². The number of benzene rings is 2. The van der Waals surface area contributed by atoms with Crippen LogP contribution in [0.2, 0.25) is 5.15 Å². The van der Waals surface area contributed by atoms with Crippen LogP contribution in [-0.2, 0) is 6.42 Å². The lowest BCUT2D eigenvalue weighted by atomic mass is 10.0. The van der Waals surface area contributed by atoms with Gasteiger partial charge in [-0.25, -0.2) is 4.98 Å². The van der Waals surface area contributed by atoms with Crippen LogP contribution in [0.15, 0.2) is 90.0 Å². The van der Waals surface area contributed by atoms with Gasteiger partial charge in [0.2, 0.25) is 5.43 Å². The van der Waals surface area contributed by atoms with Crippen LogP contribution in [0.1, 0.15) is 17.4 Å². The predicted molar refractivity (Wildman–Crippen MR) is 117 cm³/mol. The number of pyridine rings is 2. The number of aromatic nitrogens is 2. The molecule has 2 heterocycles. The fourth-order valence-corrected chi connectivity index (χ4v) is 3.44. The Bertz CT molecular complexity index is 1220. The van der Waals surface area contributed by atoms with E-state index in [1.807, 2.05) is 54.6 Å². The molecule has 1 atom stereocenters. The first-order valence-electron chi connectivity index (χ1n) is 9.41. The molecule has 0 aliphatic heterocycles. The number of hydrogen-bond donors (Lipinski definition) is 2. The third-order valence-corrected chi connectivity index (χ3v) is 5.10. The quantitative estimate of drug-likeness (QED) is 0.467. The van der Waals surface area contributed by atoms with Gasteiger partial charge in [0, 0.05) is 30.1 Å². The van der Waals surface area contributed by atoms with Crippen LogP contribution in [0.4, 0.5) is 0 Å². The van der Waals surface area contributed by atoms with E-state index in [1.165, 1.54) is 18.5 Å². The van der Waals surface area contributed by atoms with Crippen molar-refractivity contribution in [1.82, 2.24) is 9.55 Å². The fraction of sp³-hybridized carbons (Fsp3) is 0.0833. The Morgan fingerprint density at radius 1 is 0.967 bits per heavy atom. The maximum absolute atomic E-state index is 12.1. The van der Waals surface area contributed by atoms with E-state index in [1.54, 1.807) is 16.7 Å². The van der Waals surface area contributed by atoms with Gasteiger partial charge in [-0.05, 0) is 34.9 Å². The molecular formula is C24H19ClN2O3. The highest BCUT2D eigenvalue weighted by molar-refractivity contribution is 6.29. The van der Waals surface area contributed by atoms with Gasteiger partial charge in [0.05, 0.1) is 12.3 Å². The van der Waals surface area contributed by atoms with Gasteiger partial charge in [0.1, 0.15) is 5.15 Å². The molecule has 2 N–H and O–H groups in total. The Morgan fingerprint density at radius 3 is 2.47 bits per heavy atom. The van der Waals surface area contributed by atoms with Gasteiger partial charge in [0.15, 0.2) is 5.75 Å². The highest BCUT2D eigenvalue weighted by atomic mass is 35.5. The van der Waals surface area contributed by atoms with Gasteiger partial charge in [-0.3, -0.25) is 4.79 Å². The first-order chi connectivity index (χ1) is 14.5. The third-order valence-electron chi connectivity index (χ3n) is 4.88. The van der Waals surface area contributed by atoms with Crippen LogP contribution in [-0.4, -0.2) is 19.8 Å². The average molecular weight is 419 g/mol. The Kier molecular flexibility index (Phi) is 5.65. The van der Waals surface area contributed by atoms with Crippen LogP contribution < -0.4 is 5.43 Å². The van der Waals surface area contributed by atoms with Gasteiger partial charge < -0.3 is 14.8 Å². The standard InChI is InChI=1S/C24H19ClN2O3/c25-24-10-9-18(14-26-24)21(28)12-20-13-22(29)23(30)15-27(20)19-8-4-7-17(11-19)16-5-2-1-3-6-16/h1-11,13-15,21,28,30H,12H2. The molecule has 0 saturated carbocycles. The molecule has 6 heteroatoms. The van der Waals surface area contributed by atoms with Crippen molar-refractivity contribution in [2.45, 2.75) is 12.5 Å². The third kappa shape index (κ3) is 4.27. The number of hydrogen-bond acceptors (Lipinski definition) is 4. The summed E-state index contributed by atoms with van der Waals surface area (Å²) in [5.41, 5.74) is 3.47. The normalized spacial score (nSPS) is 11.9. The molecule has 4 rings (SSSR count). The number of aliphatic hydroxyl groups is 1. The van der Waals surface area contributed by atoms with Crippen molar-refractivity contribution in [3.05, 3.63) is 112 Å². The van der Waals surface area contributed by atoms with Crippen molar-refractivity contribution in [2.75, 3.05) is 0 Å². The maximum Gasteiger partial charge on any atom is 0.223 e. The molecule has 150 valence electrons. The van der Waals surface area contributed by atoms with Gasteiger partial charge in [-0.1, -0.05) is 60.1 Å². The number of aromatic hydroxyl groups is 1. The SMILES string of the molecule is O=c1cc(CC(O)c2ccc(Cl)nc2)n(-c2cccc(-c3ccccc3)c2)cc1O. The summed E-state index contributed by atoms with van der Waals surface area (Å²) < 4.78 is 1.72. The first-order valence-corrected chi connectivity index (χ1v) is 9.79. The molecule has 0 aliphatic carbocycles. The van der Waals surface area contributed by atoms with E-state index in [0.29, 0.717) is 16.4 Å². The zero-order valence-electron chi connectivity index (χ0n) is 15.9. The number of halogens is 1. The summed E-state index contributed by atoms with van der Waals surface area (Å²) in [4.78, 5) is 16.1. The second-order valence-corrected chi connectivity index (χ2v) is 7.32. The van der Waals surface area contributed by atoms with Crippen LogP contribution in [0.25, 0.3) is 16.8 Å². The molecule has 30 heavy (non-hydrogen) atoms. The summed E-state index contributed by atoms with van der Waals surface area (Å²) in [6.07, 6.45) is 2.16. The molecule has 0 amide bonds. The lowest BCUT2D eigenvalue weighted by Gasteiger charge is -2.18. The summed E-state index contributed by atoms with van der Waals surface area (Å²) in [6.45, 7) is 0. The van der Waals surface area contributed by atoms with E-state index in [-0.39, 0.29) is 12.2 Å². The van der Waals surface area contributed by atoms with Crippen molar-refractivity contribution >= 4 is 11.6 Å². The van der Waals surface area contributed by atoms with Crippen molar-refractivity contribution in [3.8, 4) is 22.6 Å². The van der Waals surface area contributed by atoms with Crippen molar-refractivity contribution < 1.29 is 10.2 Å². The predicted octanol–water partition coefficient (Wildman–Crippen LogP) is 4.53. The second-order valence-electron chi connectivity index (χ2n) is 6.93. The van der Waals surface area contributed by atoms with Crippen LogP contribution >= 0.6 is 11.6 Å². The summed E-state index contributed by atoms with van der Waals surface area (Å²) in [7, 11) is 0. The summed E-state index contributed by atoms with van der Waals surface area (Å²) in [5, 5.41) is 21.0. The van der Waals surface area contributed by atoms with E-state index < -0.39 is 11.5 Å². The lowest BCUT2D eigenvalue weighted by molar-refractivity contribution is 0.176. The smallest absolute Gasteiger partial charge is 0.223 e. The second kappa shape index (κ2) is 8.53. The monoisotopic (exact) mass is 418 g/mol. The maximum atomic E-state index is 12.1. The largest absolute Gasteiger partial charge is 0.503 e. The Labute approximate surface area is 178 Å². The number of nitrogens with zero attached hydrogens (tertiary/aromatic N) is 2. The molecule has 0 fully saturated rings. The van der Waals surface area contributed by atoms with E-state index in [9.17, 15) is 15.0 Å². The molecule has 4 aromatic rings. The van der Waals surface area contributed by atoms with Gasteiger partial charge in [0.25, 0.3) is 0 Å². The first kappa shape index (κ1) is 19.9. The van der Waals surface area contributed by atoms with Crippen molar-refractivity contribution in [3.63, 3.8) is 0 Å². The lowest BCUT2D eigenvalue weighted by Crippen LogP contribution is -2.14. The minimum absolute atomic E-state index is 0.161. The van der Waals surface area contributed by atoms with Crippen molar-refractivity contribution in [1.29, 1.82) is 0 Å². The Morgan fingerprint density at radius 2 is 1.73 bits per heavy atom. The summed E-state index contributed by atoms with van der Waals surface area (Å²) in [6, 6.07) is 22.3. The van der Waals surface area contributed by atoms with Crippen LogP contribution in [0.5, 0.6) is 5.75 Å². The number of rotatable bonds is 5. The highest BCUT2D eigenvalue weighted by Gasteiger charge is 2.15. The van der Waals surface area contributed by atoms with E-state index in [0.717, 1.165) is 16.8 Å². The molecule has 0 bridgehead atoms. The van der Waals surface area contributed by atoms with Gasteiger partial charge >= 0.3 is 0 Å². The van der Waals surface area contributed by atoms with Gasteiger partial charge in [-0.2, -0.15) is 0 Å². The number of aliphatic hydroxyl groups excluding tert-OH is 1. The molecule has 2 aromatic heterocycles. The van der Waals surface area contributed by atoms with Gasteiger partial charge in [-0.15, -0.1) is 0 Å². The highest BCUT2D eigenvalue weighted by Crippen LogP contribution is 2.25. The van der Waals surface area contributed by atoms with E-state index >= 15 is 0 Å². The minimum atomic E-state index is -0.887. The average Bonchev–Trinajstić information content (AvgIpc) is 2.77. The molecule has 0 saturated heterocycles. The van der Waals surface area contributed by atoms with Crippen molar-refractivity contribution in [2.24, 2.45) is 0 Å². The molecule has 0 radical (unpaired) electrons. The zero-order valence-corrected chi connectivity index (χ0v) is 16.7. The Hall–Kier alpha value is -3.41. The molecular weight excluding hydrogens is 400 g/mol. The summed E-state index contributed by atoms with van der Waals surface area (Å²) in [5.74, 6) is -0.355. The minimum Gasteiger partial charge on any atom is -0.503 e. The molecule has 1 unspecified atom stereocenters. The molecule has 2 aromatic carbocycles. The molecule has 0 aliphatic rings. The molecule has 0 spiro atoms. The van der Waals surface area contributed by atoms with E-state index in [2.05, 4.69) is 4.98 Å². The molecule has 5 nitrogen and oxygen atoms in total.